The number of aliphatic hydroxyl groups excluding tert-OH is 1. The predicted molar refractivity (Wildman–Crippen MR) is 131 cm³/mol. The summed E-state index contributed by atoms with van der Waals surface area (Å²) >= 11 is 2.91. The van der Waals surface area contributed by atoms with Gasteiger partial charge in [0, 0.05) is 5.75 Å². The number of esters is 1. The number of ether oxygens (including phenoxy) is 1. The van der Waals surface area contributed by atoms with Crippen LogP contribution in [0.15, 0.2) is 76.9 Å². The highest BCUT2D eigenvalue weighted by Gasteiger charge is 2.66. The number of carbonyl (C=O) groups is 2. The van der Waals surface area contributed by atoms with Crippen molar-refractivity contribution in [2.75, 3.05) is 12.4 Å². The van der Waals surface area contributed by atoms with Crippen LogP contribution in [0.1, 0.15) is 36.3 Å². The molecule has 1 N–H and O–H groups in total. The summed E-state index contributed by atoms with van der Waals surface area (Å²) in [6.45, 7) is 3.76. The first-order valence-electron chi connectivity index (χ1n) is 10.9. The highest BCUT2D eigenvalue weighted by molar-refractivity contribution is 8.17. The van der Waals surface area contributed by atoms with Gasteiger partial charge in [0.25, 0.3) is 0 Å². The molecule has 33 heavy (non-hydrogen) atoms. The molecular formula is C25H24N2O4S2. The van der Waals surface area contributed by atoms with Crippen LogP contribution >= 0.6 is 23.5 Å². The van der Waals surface area contributed by atoms with Crippen LogP contribution in [0.2, 0.25) is 0 Å². The molecule has 1 amide bonds. The number of thioether (sulfide) groups is 2. The molecule has 6 nitrogen and oxygen atoms in total. The lowest BCUT2D eigenvalue weighted by atomic mass is 9.89. The van der Waals surface area contributed by atoms with Crippen LogP contribution in [0.3, 0.4) is 0 Å². The monoisotopic (exact) mass is 480 g/mol. The van der Waals surface area contributed by atoms with E-state index in [0.717, 1.165) is 11.1 Å². The van der Waals surface area contributed by atoms with Gasteiger partial charge in [-0.3, -0.25) is 9.69 Å². The van der Waals surface area contributed by atoms with Gasteiger partial charge in [-0.05, 0) is 25.0 Å². The third-order valence-corrected chi connectivity index (χ3v) is 9.35. The zero-order chi connectivity index (χ0) is 23.2. The summed E-state index contributed by atoms with van der Waals surface area (Å²) < 4.78 is 4.24. The van der Waals surface area contributed by atoms with E-state index in [1.165, 1.54) is 11.8 Å². The maximum absolute atomic E-state index is 14.3. The topological polar surface area (TPSA) is 79.2 Å². The fourth-order valence-corrected chi connectivity index (χ4v) is 8.10. The van der Waals surface area contributed by atoms with E-state index in [0.29, 0.717) is 22.2 Å². The molecule has 4 unspecified atom stereocenters. The second kappa shape index (κ2) is 8.66. The Morgan fingerprint density at radius 2 is 1.79 bits per heavy atom. The highest BCUT2D eigenvalue weighted by atomic mass is 32.2. The fraction of sp³-hybridized carbons (Fsp3) is 0.320. The second-order valence-corrected chi connectivity index (χ2v) is 10.5. The van der Waals surface area contributed by atoms with Crippen LogP contribution in [0.4, 0.5) is 0 Å². The van der Waals surface area contributed by atoms with Gasteiger partial charge in [0.1, 0.15) is 4.75 Å². The minimum absolute atomic E-state index is 0.222. The van der Waals surface area contributed by atoms with Crippen LogP contribution in [0, 0.1) is 0 Å². The molecule has 3 heterocycles. The number of amides is 1. The zero-order valence-electron chi connectivity index (χ0n) is 18.3. The zero-order valence-corrected chi connectivity index (χ0v) is 19.9. The summed E-state index contributed by atoms with van der Waals surface area (Å²) in [5, 5.41) is 11.4. The molecule has 1 spiro atoms. The Morgan fingerprint density at radius 3 is 2.42 bits per heavy atom. The molecule has 2 aromatic rings. The maximum atomic E-state index is 14.3. The van der Waals surface area contributed by atoms with Crippen molar-refractivity contribution in [1.82, 2.24) is 4.90 Å². The number of aliphatic imine (C=N–C) groups is 1. The summed E-state index contributed by atoms with van der Waals surface area (Å²) in [5.74, 6) is -0.251. The summed E-state index contributed by atoms with van der Waals surface area (Å²) in [7, 11) is 0. The van der Waals surface area contributed by atoms with Gasteiger partial charge >= 0.3 is 5.97 Å². The average Bonchev–Trinajstić information content (AvgIpc) is 3.31. The Balaban J connectivity index is 1.64. The molecule has 0 radical (unpaired) electrons. The molecule has 0 bridgehead atoms. The van der Waals surface area contributed by atoms with Crippen LogP contribution in [0.25, 0.3) is 0 Å². The smallest absolute Gasteiger partial charge is 0.338 e. The van der Waals surface area contributed by atoms with Gasteiger partial charge in [0.05, 0.1) is 35.3 Å². The van der Waals surface area contributed by atoms with Crippen LogP contribution < -0.4 is 0 Å². The standard InChI is InChI=1S/C25H24N2O4S2/c1-3-31-22(29)19-15(2)26-24-27(20(19)16-10-6-4-7-11-16)23(30)25(33-24)18(28)14-32-21(25)17-12-8-5-9-13-17/h4-13,18,20-21,28H,3,14H2,1-2H3. The summed E-state index contributed by atoms with van der Waals surface area (Å²) in [6.07, 6.45) is -0.846. The van der Waals surface area contributed by atoms with E-state index in [2.05, 4.69) is 4.99 Å². The molecule has 0 aromatic heterocycles. The Kier molecular flexibility index (Phi) is 5.84. The van der Waals surface area contributed by atoms with Crippen molar-refractivity contribution in [3.05, 3.63) is 83.1 Å². The van der Waals surface area contributed by atoms with Crippen molar-refractivity contribution >= 4 is 40.6 Å². The first-order chi connectivity index (χ1) is 16.0. The second-order valence-electron chi connectivity index (χ2n) is 8.14. The van der Waals surface area contributed by atoms with Gasteiger partial charge in [0.2, 0.25) is 5.91 Å². The fourth-order valence-electron chi connectivity index (χ4n) is 4.73. The number of allylic oxidation sites excluding steroid dienone is 1. The van der Waals surface area contributed by atoms with Crippen molar-refractivity contribution in [2.24, 2.45) is 4.99 Å². The van der Waals surface area contributed by atoms with E-state index in [9.17, 15) is 14.7 Å². The van der Waals surface area contributed by atoms with E-state index in [-0.39, 0.29) is 17.8 Å². The van der Waals surface area contributed by atoms with Crippen LogP contribution in [0.5, 0.6) is 0 Å². The third-order valence-electron chi connectivity index (χ3n) is 6.22. The predicted octanol–water partition coefficient (Wildman–Crippen LogP) is 4.10. The quantitative estimate of drug-likeness (QED) is 0.664. The number of amidine groups is 1. The number of fused-ring (bicyclic) bond motifs is 1. The summed E-state index contributed by atoms with van der Waals surface area (Å²) in [6, 6.07) is 18.6. The molecule has 2 fully saturated rings. The highest BCUT2D eigenvalue weighted by Crippen LogP contribution is 2.61. The lowest BCUT2D eigenvalue weighted by Crippen LogP contribution is -2.50. The number of nitrogens with zero attached hydrogens (tertiary/aromatic N) is 2. The first kappa shape index (κ1) is 22.3. The lowest BCUT2D eigenvalue weighted by Gasteiger charge is -2.34. The third kappa shape index (κ3) is 3.43. The Bertz CT molecular complexity index is 1150. The van der Waals surface area contributed by atoms with E-state index >= 15 is 0 Å². The number of rotatable bonds is 4. The molecule has 0 saturated carbocycles. The molecular weight excluding hydrogens is 456 g/mol. The van der Waals surface area contributed by atoms with Crippen molar-refractivity contribution in [1.29, 1.82) is 0 Å². The molecule has 3 aliphatic heterocycles. The summed E-state index contributed by atoms with van der Waals surface area (Å²) in [5.41, 5.74) is 2.68. The van der Waals surface area contributed by atoms with Crippen molar-refractivity contribution in [3.8, 4) is 0 Å². The molecule has 0 aliphatic carbocycles. The van der Waals surface area contributed by atoms with Gasteiger partial charge in [-0.1, -0.05) is 72.4 Å². The molecule has 8 heteroatoms. The molecule has 3 aliphatic rings. The van der Waals surface area contributed by atoms with Gasteiger partial charge in [0.15, 0.2) is 5.17 Å². The van der Waals surface area contributed by atoms with Gasteiger partial charge < -0.3 is 9.84 Å². The first-order valence-corrected chi connectivity index (χ1v) is 12.7. The number of hydrogen-bond acceptors (Lipinski definition) is 7. The minimum Gasteiger partial charge on any atom is -0.463 e. The lowest BCUT2D eigenvalue weighted by molar-refractivity contribution is -0.140. The van der Waals surface area contributed by atoms with E-state index in [1.54, 1.807) is 30.5 Å². The van der Waals surface area contributed by atoms with E-state index in [4.69, 9.17) is 4.74 Å². The Labute approximate surface area is 201 Å². The number of carbonyl (C=O) groups excluding carboxylic acids is 2. The molecule has 5 rings (SSSR count). The van der Waals surface area contributed by atoms with E-state index in [1.807, 2.05) is 60.7 Å². The van der Waals surface area contributed by atoms with Gasteiger partial charge in [-0.25, -0.2) is 9.79 Å². The van der Waals surface area contributed by atoms with Crippen LogP contribution in [-0.2, 0) is 14.3 Å². The Morgan fingerprint density at radius 1 is 1.15 bits per heavy atom. The Hall–Kier alpha value is -2.55. The van der Waals surface area contributed by atoms with Gasteiger partial charge in [-0.2, -0.15) is 0 Å². The van der Waals surface area contributed by atoms with Crippen molar-refractivity contribution in [2.45, 2.75) is 36.0 Å². The number of hydrogen-bond donors (Lipinski definition) is 1. The molecule has 2 aromatic carbocycles. The maximum Gasteiger partial charge on any atom is 0.338 e. The SMILES string of the molecule is CCOC(=O)C1=C(C)N=C2SC3(C(=O)N2C1c1ccccc1)C(O)CSC3c1ccccc1. The molecule has 4 atom stereocenters. The van der Waals surface area contributed by atoms with Crippen molar-refractivity contribution in [3.63, 3.8) is 0 Å². The normalized spacial score (nSPS) is 28.8. The van der Waals surface area contributed by atoms with E-state index < -0.39 is 22.9 Å². The molecule has 170 valence electrons. The van der Waals surface area contributed by atoms with Crippen LogP contribution in [-0.4, -0.2) is 50.3 Å². The molecule has 2 saturated heterocycles. The largest absolute Gasteiger partial charge is 0.463 e. The average molecular weight is 481 g/mol. The van der Waals surface area contributed by atoms with Crippen molar-refractivity contribution < 1.29 is 19.4 Å². The van der Waals surface area contributed by atoms with Gasteiger partial charge in [-0.15, -0.1) is 11.8 Å². The minimum atomic E-state index is -1.11. The number of benzene rings is 2. The number of aliphatic hydroxyl groups is 1. The summed E-state index contributed by atoms with van der Waals surface area (Å²) in [4.78, 5) is 33.5.